The second kappa shape index (κ2) is 5.46. The molecular weight excluding hydrogens is 278 g/mol. The van der Waals surface area contributed by atoms with E-state index in [1.807, 2.05) is 0 Å². The second-order valence-corrected chi connectivity index (χ2v) is 5.85. The van der Waals surface area contributed by atoms with E-state index in [0.29, 0.717) is 16.5 Å². The molecule has 7 heteroatoms. The lowest BCUT2D eigenvalue weighted by atomic mass is 10.2. The fourth-order valence-electron chi connectivity index (χ4n) is 1.43. The summed E-state index contributed by atoms with van der Waals surface area (Å²) >= 11 is 1.05. The monoisotopic (exact) mass is 293 g/mol. The summed E-state index contributed by atoms with van der Waals surface area (Å²) in [6.45, 7) is 5.35. The minimum absolute atomic E-state index is 0.138. The molecule has 20 heavy (non-hydrogen) atoms. The van der Waals surface area contributed by atoms with E-state index >= 15 is 0 Å². The molecule has 0 aliphatic rings. The number of rotatable bonds is 2. The highest BCUT2D eigenvalue weighted by molar-refractivity contribution is 7.10. The zero-order valence-electron chi connectivity index (χ0n) is 11.4. The molecule has 6 nitrogen and oxygen atoms in total. The molecule has 0 saturated heterocycles. The van der Waals surface area contributed by atoms with Gasteiger partial charge in [-0.15, -0.1) is 0 Å². The van der Waals surface area contributed by atoms with Gasteiger partial charge in [-0.3, -0.25) is 5.32 Å². The number of nitrogens with zero attached hydrogens (tertiary/aromatic N) is 2. The quantitative estimate of drug-likeness (QED) is 0.887. The van der Waals surface area contributed by atoms with Crippen molar-refractivity contribution in [3.05, 3.63) is 24.3 Å². The first-order valence-electron chi connectivity index (χ1n) is 5.96. The highest BCUT2D eigenvalue weighted by atomic mass is 32.1. The Morgan fingerprint density at radius 2 is 2.15 bits per heavy atom. The van der Waals surface area contributed by atoms with Crippen LogP contribution in [0.15, 0.2) is 24.3 Å². The smallest absolute Gasteiger partial charge is 0.414 e. The molecule has 1 heterocycles. The Labute approximate surface area is 120 Å². The number of nitrogens with one attached hydrogen (secondary N) is 1. The number of phenols is 1. The first kappa shape index (κ1) is 14.3. The summed E-state index contributed by atoms with van der Waals surface area (Å²) in [5, 5.41) is 12.3. The van der Waals surface area contributed by atoms with E-state index in [9.17, 15) is 9.90 Å². The summed E-state index contributed by atoms with van der Waals surface area (Å²) in [6.07, 6.45) is -0.573. The van der Waals surface area contributed by atoms with Gasteiger partial charge in [0.05, 0.1) is 0 Å². The van der Waals surface area contributed by atoms with Crippen LogP contribution in [0.2, 0.25) is 0 Å². The van der Waals surface area contributed by atoms with Gasteiger partial charge in [-0.1, -0.05) is 12.1 Å². The maximum Gasteiger partial charge on any atom is 0.414 e. The van der Waals surface area contributed by atoms with Crippen molar-refractivity contribution in [2.45, 2.75) is 26.4 Å². The van der Waals surface area contributed by atoms with Crippen molar-refractivity contribution in [2.24, 2.45) is 0 Å². The first-order chi connectivity index (χ1) is 9.33. The van der Waals surface area contributed by atoms with Gasteiger partial charge in [-0.2, -0.15) is 9.36 Å². The van der Waals surface area contributed by atoms with E-state index in [1.54, 1.807) is 45.0 Å². The lowest BCUT2D eigenvalue weighted by Crippen LogP contribution is -2.27. The number of aromatic hydroxyl groups is 1. The van der Waals surface area contributed by atoms with Crippen molar-refractivity contribution < 1.29 is 14.6 Å². The van der Waals surface area contributed by atoms with Crippen LogP contribution in [0.4, 0.5) is 9.93 Å². The Morgan fingerprint density at radius 3 is 2.80 bits per heavy atom. The minimum Gasteiger partial charge on any atom is -0.508 e. The molecule has 0 saturated carbocycles. The van der Waals surface area contributed by atoms with Crippen molar-refractivity contribution in [3.8, 4) is 17.1 Å². The summed E-state index contributed by atoms with van der Waals surface area (Å²) < 4.78 is 9.25. The third kappa shape index (κ3) is 3.92. The van der Waals surface area contributed by atoms with E-state index in [1.165, 1.54) is 0 Å². The van der Waals surface area contributed by atoms with Gasteiger partial charge in [0.1, 0.15) is 11.4 Å². The number of anilines is 1. The van der Waals surface area contributed by atoms with Crippen molar-refractivity contribution in [1.82, 2.24) is 9.36 Å². The number of carbonyl (C=O) groups is 1. The van der Waals surface area contributed by atoms with Gasteiger partial charge in [-0.05, 0) is 32.9 Å². The SMILES string of the molecule is CC(C)(C)OC(=O)Nc1nc(-c2cccc(O)c2)ns1. The molecule has 1 amide bonds. The molecule has 0 aliphatic carbocycles. The number of carbonyl (C=O) groups excluding carboxylic acids is 1. The van der Waals surface area contributed by atoms with E-state index in [0.717, 1.165) is 11.5 Å². The van der Waals surface area contributed by atoms with Crippen LogP contribution in [0.25, 0.3) is 11.4 Å². The van der Waals surface area contributed by atoms with Gasteiger partial charge in [0.2, 0.25) is 5.13 Å². The maximum atomic E-state index is 11.6. The maximum absolute atomic E-state index is 11.6. The topological polar surface area (TPSA) is 84.3 Å². The Kier molecular flexibility index (Phi) is 3.89. The predicted octanol–water partition coefficient (Wildman–Crippen LogP) is 3.26. The Morgan fingerprint density at radius 1 is 1.40 bits per heavy atom. The first-order valence-corrected chi connectivity index (χ1v) is 6.74. The number of aromatic nitrogens is 2. The number of amides is 1. The molecule has 0 atom stereocenters. The Hall–Kier alpha value is -2.15. The number of phenolic OH excluding ortho intramolecular Hbond substituents is 1. The summed E-state index contributed by atoms with van der Waals surface area (Å²) in [5.41, 5.74) is 0.113. The van der Waals surface area contributed by atoms with Crippen LogP contribution in [0, 0.1) is 0 Å². The number of ether oxygens (including phenoxy) is 1. The van der Waals surface area contributed by atoms with Gasteiger partial charge in [0.25, 0.3) is 0 Å². The average molecular weight is 293 g/mol. The van der Waals surface area contributed by atoms with Crippen LogP contribution in [0.1, 0.15) is 20.8 Å². The number of hydrogen-bond acceptors (Lipinski definition) is 6. The molecule has 2 rings (SSSR count). The number of benzene rings is 1. The van der Waals surface area contributed by atoms with Crippen LogP contribution in [0.3, 0.4) is 0 Å². The van der Waals surface area contributed by atoms with E-state index < -0.39 is 11.7 Å². The zero-order chi connectivity index (χ0) is 14.8. The summed E-state index contributed by atoms with van der Waals surface area (Å²) in [4.78, 5) is 15.8. The standard InChI is InChI=1S/C13H15N3O3S/c1-13(2,3)19-12(18)15-11-14-10(16-20-11)8-5-4-6-9(17)7-8/h4-7,17H,1-3H3,(H,14,15,16,18). The molecule has 0 aliphatic heterocycles. The highest BCUT2D eigenvalue weighted by Crippen LogP contribution is 2.24. The average Bonchev–Trinajstić information content (AvgIpc) is 2.74. The van der Waals surface area contributed by atoms with Gasteiger partial charge < -0.3 is 9.84 Å². The largest absolute Gasteiger partial charge is 0.508 e. The fraction of sp³-hybridized carbons (Fsp3) is 0.308. The lowest BCUT2D eigenvalue weighted by molar-refractivity contribution is 0.0636. The highest BCUT2D eigenvalue weighted by Gasteiger charge is 2.17. The van der Waals surface area contributed by atoms with Crippen molar-refractivity contribution in [1.29, 1.82) is 0 Å². The van der Waals surface area contributed by atoms with Crippen LogP contribution < -0.4 is 5.32 Å². The summed E-state index contributed by atoms with van der Waals surface area (Å²) in [7, 11) is 0. The summed E-state index contributed by atoms with van der Waals surface area (Å²) in [6, 6.07) is 6.60. The molecule has 2 aromatic rings. The van der Waals surface area contributed by atoms with E-state index in [4.69, 9.17) is 4.74 Å². The lowest BCUT2D eigenvalue weighted by Gasteiger charge is -2.18. The molecule has 106 valence electrons. The predicted molar refractivity (Wildman–Crippen MR) is 76.9 cm³/mol. The third-order valence-corrected chi connectivity index (χ3v) is 2.77. The van der Waals surface area contributed by atoms with Crippen LogP contribution in [-0.4, -0.2) is 26.2 Å². The van der Waals surface area contributed by atoms with Gasteiger partial charge in [-0.25, -0.2) is 4.79 Å². The van der Waals surface area contributed by atoms with E-state index in [-0.39, 0.29) is 5.75 Å². The molecule has 1 aromatic carbocycles. The van der Waals surface area contributed by atoms with Gasteiger partial charge in [0, 0.05) is 17.1 Å². The molecule has 2 N–H and O–H groups in total. The third-order valence-electron chi connectivity index (χ3n) is 2.14. The van der Waals surface area contributed by atoms with Crippen molar-refractivity contribution in [3.63, 3.8) is 0 Å². The minimum atomic E-state index is -0.573. The molecule has 0 bridgehead atoms. The molecule has 1 aromatic heterocycles. The molecule has 0 unspecified atom stereocenters. The van der Waals surface area contributed by atoms with Crippen molar-refractivity contribution in [2.75, 3.05) is 5.32 Å². The number of hydrogen-bond donors (Lipinski definition) is 2. The van der Waals surface area contributed by atoms with Crippen LogP contribution >= 0.6 is 11.5 Å². The van der Waals surface area contributed by atoms with Crippen molar-refractivity contribution >= 4 is 22.8 Å². The Balaban J connectivity index is 2.08. The molecule has 0 radical (unpaired) electrons. The second-order valence-electron chi connectivity index (χ2n) is 5.10. The fourth-order valence-corrected chi connectivity index (χ4v) is 2.00. The summed E-state index contributed by atoms with van der Waals surface area (Å²) in [5.74, 6) is 0.580. The molecule has 0 spiro atoms. The normalized spacial score (nSPS) is 11.2. The molecule has 0 fully saturated rings. The van der Waals surface area contributed by atoms with Gasteiger partial charge in [0.15, 0.2) is 5.82 Å². The van der Waals surface area contributed by atoms with Crippen LogP contribution in [0.5, 0.6) is 5.75 Å². The molecular formula is C13H15N3O3S. The Bertz CT molecular complexity index is 619. The van der Waals surface area contributed by atoms with Crippen LogP contribution in [-0.2, 0) is 4.74 Å². The zero-order valence-corrected chi connectivity index (χ0v) is 12.2. The van der Waals surface area contributed by atoms with E-state index in [2.05, 4.69) is 14.7 Å². The van der Waals surface area contributed by atoms with Gasteiger partial charge >= 0.3 is 6.09 Å².